The van der Waals surface area contributed by atoms with E-state index in [-0.39, 0.29) is 18.0 Å². The SMILES string of the molecule is CCCN(CCC)C(=O)NC1CC(=O)N(c2ccccc2)C1. The average molecular weight is 303 g/mol. The lowest BCUT2D eigenvalue weighted by atomic mass is 10.2. The van der Waals surface area contributed by atoms with Crippen LogP contribution in [0.25, 0.3) is 0 Å². The van der Waals surface area contributed by atoms with E-state index in [0.717, 1.165) is 31.6 Å². The van der Waals surface area contributed by atoms with E-state index in [2.05, 4.69) is 19.2 Å². The summed E-state index contributed by atoms with van der Waals surface area (Å²) in [5, 5.41) is 3.00. The van der Waals surface area contributed by atoms with Gasteiger partial charge in [-0.1, -0.05) is 32.0 Å². The van der Waals surface area contributed by atoms with E-state index in [1.807, 2.05) is 35.2 Å². The molecule has 1 aliphatic heterocycles. The highest BCUT2D eigenvalue weighted by Gasteiger charge is 2.32. The molecule has 1 fully saturated rings. The predicted molar refractivity (Wildman–Crippen MR) is 87.9 cm³/mol. The van der Waals surface area contributed by atoms with Crippen LogP contribution in [0.4, 0.5) is 10.5 Å². The maximum absolute atomic E-state index is 12.3. The number of carbonyl (C=O) groups is 2. The van der Waals surface area contributed by atoms with Gasteiger partial charge in [-0.05, 0) is 25.0 Å². The van der Waals surface area contributed by atoms with Crippen LogP contribution in [0.1, 0.15) is 33.1 Å². The van der Waals surface area contributed by atoms with Crippen molar-refractivity contribution in [3.8, 4) is 0 Å². The number of para-hydroxylation sites is 1. The molecule has 0 aromatic heterocycles. The van der Waals surface area contributed by atoms with Crippen LogP contribution >= 0.6 is 0 Å². The number of hydrogen-bond donors (Lipinski definition) is 1. The van der Waals surface area contributed by atoms with E-state index in [0.29, 0.717) is 13.0 Å². The minimum Gasteiger partial charge on any atom is -0.333 e. The summed E-state index contributed by atoms with van der Waals surface area (Å²) in [4.78, 5) is 28.0. The summed E-state index contributed by atoms with van der Waals surface area (Å²) < 4.78 is 0. The van der Waals surface area contributed by atoms with Crippen LogP contribution < -0.4 is 10.2 Å². The molecule has 1 aliphatic rings. The second kappa shape index (κ2) is 7.82. The normalized spacial score (nSPS) is 17.6. The zero-order valence-corrected chi connectivity index (χ0v) is 13.4. The Morgan fingerprint density at radius 1 is 1.23 bits per heavy atom. The fraction of sp³-hybridized carbons (Fsp3) is 0.529. The van der Waals surface area contributed by atoms with Crippen molar-refractivity contribution >= 4 is 17.6 Å². The molecule has 120 valence electrons. The molecule has 22 heavy (non-hydrogen) atoms. The molecule has 0 aliphatic carbocycles. The zero-order chi connectivity index (χ0) is 15.9. The number of rotatable bonds is 6. The molecular formula is C17H25N3O2. The number of benzene rings is 1. The first-order valence-electron chi connectivity index (χ1n) is 8.06. The predicted octanol–water partition coefficient (Wildman–Crippen LogP) is 2.62. The van der Waals surface area contributed by atoms with Crippen molar-refractivity contribution in [2.24, 2.45) is 0 Å². The maximum atomic E-state index is 12.3. The van der Waals surface area contributed by atoms with Crippen LogP contribution in [-0.4, -0.2) is 42.5 Å². The molecule has 5 nitrogen and oxygen atoms in total. The van der Waals surface area contributed by atoms with Gasteiger partial charge in [-0.3, -0.25) is 4.79 Å². The van der Waals surface area contributed by atoms with Gasteiger partial charge in [0, 0.05) is 31.7 Å². The summed E-state index contributed by atoms with van der Waals surface area (Å²) in [5.74, 6) is 0.0639. The average Bonchev–Trinajstić information content (AvgIpc) is 2.88. The molecule has 3 amide bonds. The number of amides is 3. The Labute approximate surface area is 132 Å². The van der Waals surface area contributed by atoms with Crippen molar-refractivity contribution in [3.63, 3.8) is 0 Å². The third kappa shape index (κ3) is 4.00. The molecular weight excluding hydrogens is 278 g/mol. The Morgan fingerprint density at radius 2 is 1.86 bits per heavy atom. The first-order valence-corrected chi connectivity index (χ1v) is 8.06. The Balaban J connectivity index is 1.94. The quantitative estimate of drug-likeness (QED) is 0.878. The number of urea groups is 1. The molecule has 1 atom stereocenters. The van der Waals surface area contributed by atoms with Gasteiger partial charge in [0.1, 0.15) is 0 Å². The van der Waals surface area contributed by atoms with Gasteiger partial charge in [-0.2, -0.15) is 0 Å². The van der Waals surface area contributed by atoms with Crippen molar-refractivity contribution in [3.05, 3.63) is 30.3 Å². The highest BCUT2D eigenvalue weighted by atomic mass is 16.2. The van der Waals surface area contributed by atoms with E-state index in [1.165, 1.54) is 0 Å². The molecule has 0 spiro atoms. The standard InChI is InChI=1S/C17H25N3O2/c1-3-10-19(11-4-2)17(22)18-14-12-16(21)20(13-14)15-8-6-5-7-9-15/h5-9,14H,3-4,10-13H2,1-2H3,(H,18,22). The van der Waals surface area contributed by atoms with Crippen molar-refractivity contribution in [2.75, 3.05) is 24.5 Å². The number of carbonyl (C=O) groups excluding carboxylic acids is 2. The molecule has 1 saturated heterocycles. The van der Waals surface area contributed by atoms with Crippen LogP contribution in [0.2, 0.25) is 0 Å². The fourth-order valence-electron chi connectivity index (χ4n) is 2.78. The third-order valence-electron chi connectivity index (χ3n) is 3.79. The molecule has 0 bridgehead atoms. The van der Waals surface area contributed by atoms with Crippen LogP contribution in [0.15, 0.2) is 30.3 Å². The summed E-state index contributed by atoms with van der Waals surface area (Å²) in [6, 6.07) is 9.42. The highest BCUT2D eigenvalue weighted by Crippen LogP contribution is 2.21. The van der Waals surface area contributed by atoms with Gasteiger partial charge in [0.15, 0.2) is 0 Å². The molecule has 1 aromatic rings. The molecule has 0 radical (unpaired) electrons. The summed E-state index contributed by atoms with van der Waals surface area (Å²) in [6.07, 6.45) is 2.24. The summed E-state index contributed by atoms with van der Waals surface area (Å²) in [5.41, 5.74) is 0.892. The number of nitrogens with zero attached hydrogens (tertiary/aromatic N) is 2. The van der Waals surface area contributed by atoms with Gasteiger partial charge in [0.25, 0.3) is 0 Å². The largest absolute Gasteiger partial charge is 0.333 e. The Kier molecular flexibility index (Phi) is 5.81. The van der Waals surface area contributed by atoms with Gasteiger partial charge in [0.05, 0.1) is 6.04 Å². The van der Waals surface area contributed by atoms with E-state index < -0.39 is 0 Å². The fourth-order valence-corrected chi connectivity index (χ4v) is 2.78. The molecule has 5 heteroatoms. The Bertz CT molecular complexity index is 498. The van der Waals surface area contributed by atoms with Crippen LogP contribution in [-0.2, 0) is 4.79 Å². The Hall–Kier alpha value is -2.04. The molecule has 0 saturated carbocycles. The van der Waals surface area contributed by atoms with Crippen LogP contribution in [0.5, 0.6) is 0 Å². The first-order chi connectivity index (χ1) is 10.7. The Morgan fingerprint density at radius 3 is 2.45 bits per heavy atom. The molecule has 2 rings (SSSR count). The van der Waals surface area contributed by atoms with E-state index in [4.69, 9.17) is 0 Å². The van der Waals surface area contributed by atoms with Crippen LogP contribution in [0, 0.1) is 0 Å². The molecule has 1 N–H and O–H groups in total. The van der Waals surface area contributed by atoms with Crippen molar-refractivity contribution < 1.29 is 9.59 Å². The van der Waals surface area contributed by atoms with Gasteiger partial charge < -0.3 is 15.1 Å². The lowest BCUT2D eigenvalue weighted by Gasteiger charge is -2.24. The second-order valence-electron chi connectivity index (χ2n) is 5.68. The van der Waals surface area contributed by atoms with E-state index in [9.17, 15) is 9.59 Å². The smallest absolute Gasteiger partial charge is 0.317 e. The minimum absolute atomic E-state index is 0.0589. The highest BCUT2D eigenvalue weighted by molar-refractivity contribution is 5.96. The van der Waals surface area contributed by atoms with Crippen LogP contribution in [0.3, 0.4) is 0 Å². The minimum atomic E-state index is -0.114. The zero-order valence-electron chi connectivity index (χ0n) is 13.4. The van der Waals surface area contributed by atoms with Gasteiger partial charge in [0.2, 0.25) is 5.91 Å². The number of hydrogen-bond acceptors (Lipinski definition) is 2. The molecule has 1 unspecified atom stereocenters. The lowest BCUT2D eigenvalue weighted by molar-refractivity contribution is -0.117. The number of anilines is 1. The topological polar surface area (TPSA) is 52.7 Å². The van der Waals surface area contributed by atoms with Gasteiger partial charge >= 0.3 is 6.03 Å². The lowest BCUT2D eigenvalue weighted by Crippen LogP contribution is -2.46. The van der Waals surface area contributed by atoms with Gasteiger partial charge in [-0.25, -0.2) is 4.79 Å². The van der Waals surface area contributed by atoms with E-state index >= 15 is 0 Å². The summed E-state index contributed by atoms with van der Waals surface area (Å²) in [7, 11) is 0. The van der Waals surface area contributed by atoms with Crippen molar-refractivity contribution in [1.29, 1.82) is 0 Å². The summed E-state index contributed by atoms with van der Waals surface area (Å²) >= 11 is 0. The molecule has 1 aromatic carbocycles. The van der Waals surface area contributed by atoms with Crippen molar-refractivity contribution in [2.45, 2.75) is 39.2 Å². The van der Waals surface area contributed by atoms with Gasteiger partial charge in [-0.15, -0.1) is 0 Å². The number of nitrogens with one attached hydrogen (secondary N) is 1. The maximum Gasteiger partial charge on any atom is 0.317 e. The third-order valence-corrected chi connectivity index (χ3v) is 3.79. The summed E-state index contributed by atoms with van der Waals surface area (Å²) in [6.45, 7) is 6.17. The van der Waals surface area contributed by atoms with E-state index in [1.54, 1.807) is 4.90 Å². The van der Waals surface area contributed by atoms with Crippen molar-refractivity contribution in [1.82, 2.24) is 10.2 Å². The molecule has 1 heterocycles. The first kappa shape index (κ1) is 16.3. The second-order valence-corrected chi connectivity index (χ2v) is 5.68. The monoisotopic (exact) mass is 303 g/mol.